The van der Waals surface area contributed by atoms with Crippen LogP contribution < -0.4 is 14.8 Å². The number of carbonyl (C=O) groups is 1. The highest BCUT2D eigenvalue weighted by Gasteiger charge is 2.13. The standard InChI is InChI=1S/C20H27N3O3S/c1-25-19-12-16(6-7-18(19)26-13-17-14-27-15-22-17)20(24)21-8-5-11-23-9-3-2-4-10-23/h6-7,12,14-15H,2-5,8-11,13H2,1H3,(H,21,24). The van der Waals surface area contributed by atoms with Crippen molar-refractivity contribution in [1.29, 1.82) is 0 Å². The van der Waals surface area contributed by atoms with Crippen LogP contribution in [0.3, 0.4) is 0 Å². The molecule has 7 heteroatoms. The summed E-state index contributed by atoms with van der Waals surface area (Å²) in [4.78, 5) is 19.1. The van der Waals surface area contributed by atoms with Crippen molar-refractivity contribution in [2.24, 2.45) is 0 Å². The molecule has 0 spiro atoms. The monoisotopic (exact) mass is 389 g/mol. The molecule has 0 atom stereocenters. The molecule has 1 aliphatic rings. The van der Waals surface area contributed by atoms with Crippen LogP contribution in [0.25, 0.3) is 0 Å². The topological polar surface area (TPSA) is 63.7 Å². The third kappa shape index (κ3) is 5.94. The van der Waals surface area contributed by atoms with Crippen LogP contribution in [0.1, 0.15) is 41.7 Å². The van der Waals surface area contributed by atoms with Crippen LogP contribution in [0.5, 0.6) is 11.5 Å². The molecule has 6 nitrogen and oxygen atoms in total. The molecule has 0 aliphatic carbocycles. The first kappa shape index (κ1) is 19.6. The van der Waals surface area contributed by atoms with E-state index in [1.165, 1.54) is 43.7 Å². The third-order valence-electron chi connectivity index (χ3n) is 4.67. The number of methoxy groups -OCH3 is 1. The minimum absolute atomic E-state index is 0.0852. The molecule has 1 aliphatic heterocycles. The summed E-state index contributed by atoms with van der Waals surface area (Å²) in [5.41, 5.74) is 3.22. The Balaban J connectivity index is 1.47. The van der Waals surface area contributed by atoms with Gasteiger partial charge in [-0.2, -0.15) is 0 Å². The quantitative estimate of drug-likeness (QED) is 0.667. The van der Waals surface area contributed by atoms with Crippen molar-refractivity contribution < 1.29 is 14.3 Å². The number of hydrogen-bond acceptors (Lipinski definition) is 6. The SMILES string of the molecule is COc1cc(C(=O)NCCCN2CCCCC2)ccc1OCc1cscn1. The molecule has 2 aromatic rings. The minimum Gasteiger partial charge on any atom is -0.493 e. The Morgan fingerprint density at radius 2 is 2.11 bits per heavy atom. The van der Waals surface area contributed by atoms with Crippen LogP contribution in [-0.2, 0) is 6.61 Å². The van der Waals surface area contributed by atoms with Crippen molar-refractivity contribution in [3.05, 3.63) is 40.3 Å². The first-order chi connectivity index (χ1) is 13.3. The largest absolute Gasteiger partial charge is 0.493 e. The summed E-state index contributed by atoms with van der Waals surface area (Å²) in [5.74, 6) is 1.07. The van der Waals surface area contributed by atoms with Gasteiger partial charge in [-0.1, -0.05) is 6.42 Å². The summed E-state index contributed by atoms with van der Waals surface area (Å²) >= 11 is 1.53. The summed E-state index contributed by atoms with van der Waals surface area (Å²) in [7, 11) is 1.57. The fourth-order valence-electron chi connectivity index (χ4n) is 3.18. The maximum atomic E-state index is 12.4. The molecule has 1 N–H and O–H groups in total. The lowest BCUT2D eigenvalue weighted by atomic mass is 10.1. The third-order valence-corrected chi connectivity index (χ3v) is 5.31. The second kappa shape index (κ2) is 10.3. The van der Waals surface area contributed by atoms with E-state index in [1.54, 1.807) is 30.8 Å². The summed E-state index contributed by atoms with van der Waals surface area (Å²) in [6, 6.07) is 5.25. The van der Waals surface area contributed by atoms with Crippen LogP contribution in [0.4, 0.5) is 0 Å². The van der Waals surface area contributed by atoms with Gasteiger partial charge in [0, 0.05) is 17.5 Å². The molecule has 0 saturated carbocycles. The number of nitrogens with zero attached hydrogens (tertiary/aromatic N) is 2. The van der Waals surface area contributed by atoms with Gasteiger partial charge in [0.25, 0.3) is 5.91 Å². The van der Waals surface area contributed by atoms with Crippen LogP contribution >= 0.6 is 11.3 Å². The number of rotatable bonds is 9. The molecule has 0 radical (unpaired) electrons. The number of hydrogen-bond donors (Lipinski definition) is 1. The highest BCUT2D eigenvalue weighted by Crippen LogP contribution is 2.28. The van der Waals surface area contributed by atoms with Crippen molar-refractivity contribution in [3.63, 3.8) is 0 Å². The number of ether oxygens (including phenoxy) is 2. The molecule has 1 aromatic carbocycles. The van der Waals surface area contributed by atoms with Gasteiger partial charge >= 0.3 is 0 Å². The van der Waals surface area contributed by atoms with Crippen molar-refractivity contribution in [1.82, 2.24) is 15.2 Å². The summed E-state index contributed by atoms with van der Waals surface area (Å²) in [6.45, 7) is 4.48. The second-order valence-corrected chi connectivity index (χ2v) is 7.36. The molecular weight excluding hydrogens is 362 g/mol. The predicted octanol–water partition coefficient (Wildman–Crippen LogP) is 3.34. The Kier molecular flexibility index (Phi) is 7.47. The summed E-state index contributed by atoms with van der Waals surface area (Å²) in [6.07, 6.45) is 4.91. The molecule has 27 heavy (non-hydrogen) atoms. The van der Waals surface area contributed by atoms with E-state index in [2.05, 4.69) is 15.2 Å². The average Bonchev–Trinajstić information content (AvgIpc) is 3.24. The van der Waals surface area contributed by atoms with E-state index in [0.717, 1.165) is 18.7 Å². The van der Waals surface area contributed by atoms with Gasteiger partial charge in [-0.25, -0.2) is 4.98 Å². The zero-order valence-electron chi connectivity index (χ0n) is 15.8. The molecule has 1 amide bonds. The van der Waals surface area contributed by atoms with Gasteiger partial charge in [-0.05, 0) is 57.1 Å². The van der Waals surface area contributed by atoms with Gasteiger partial charge in [0.05, 0.1) is 18.3 Å². The Morgan fingerprint density at radius 1 is 1.26 bits per heavy atom. The number of nitrogens with one attached hydrogen (secondary N) is 1. The van der Waals surface area contributed by atoms with Gasteiger partial charge in [0.15, 0.2) is 11.5 Å². The molecule has 1 saturated heterocycles. The van der Waals surface area contributed by atoms with E-state index in [1.807, 2.05) is 5.38 Å². The van der Waals surface area contributed by atoms with Crippen LogP contribution in [0, 0.1) is 0 Å². The molecule has 1 aromatic heterocycles. The fraction of sp³-hybridized carbons (Fsp3) is 0.500. The summed E-state index contributed by atoms with van der Waals surface area (Å²) in [5, 5.41) is 4.94. The fourth-order valence-corrected chi connectivity index (χ4v) is 3.72. The maximum absolute atomic E-state index is 12.4. The Hall–Kier alpha value is -2.12. The van der Waals surface area contributed by atoms with Gasteiger partial charge in [0.1, 0.15) is 6.61 Å². The van der Waals surface area contributed by atoms with Gasteiger partial charge in [0.2, 0.25) is 0 Å². The molecule has 0 bridgehead atoms. The lowest BCUT2D eigenvalue weighted by Gasteiger charge is -2.26. The number of carbonyl (C=O) groups excluding carboxylic acids is 1. The molecule has 3 rings (SSSR count). The maximum Gasteiger partial charge on any atom is 0.251 e. The number of thiazole rings is 1. The molecular formula is C20H27N3O3S. The number of likely N-dealkylation sites (tertiary alicyclic amines) is 1. The lowest BCUT2D eigenvalue weighted by molar-refractivity contribution is 0.0950. The van der Waals surface area contributed by atoms with E-state index < -0.39 is 0 Å². The zero-order valence-corrected chi connectivity index (χ0v) is 16.6. The smallest absolute Gasteiger partial charge is 0.251 e. The minimum atomic E-state index is -0.0852. The normalized spacial score (nSPS) is 14.7. The highest BCUT2D eigenvalue weighted by atomic mass is 32.1. The van der Waals surface area contributed by atoms with E-state index in [4.69, 9.17) is 9.47 Å². The lowest BCUT2D eigenvalue weighted by Crippen LogP contribution is -2.33. The van der Waals surface area contributed by atoms with Crippen molar-refractivity contribution in [2.75, 3.05) is 33.3 Å². The highest BCUT2D eigenvalue weighted by molar-refractivity contribution is 7.07. The predicted molar refractivity (Wildman–Crippen MR) is 107 cm³/mol. The molecule has 146 valence electrons. The second-order valence-electron chi connectivity index (χ2n) is 6.65. The van der Waals surface area contributed by atoms with Gasteiger partial charge in [-0.15, -0.1) is 11.3 Å². The average molecular weight is 390 g/mol. The first-order valence-corrected chi connectivity index (χ1v) is 10.4. The van der Waals surface area contributed by atoms with E-state index in [0.29, 0.717) is 30.2 Å². The molecule has 1 fully saturated rings. The molecule has 2 heterocycles. The van der Waals surface area contributed by atoms with Crippen LogP contribution in [0.2, 0.25) is 0 Å². The first-order valence-electron chi connectivity index (χ1n) is 9.45. The Bertz CT molecular complexity index is 715. The van der Waals surface area contributed by atoms with Gasteiger partial charge in [-0.3, -0.25) is 4.79 Å². The number of piperidine rings is 1. The van der Waals surface area contributed by atoms with Crippen molar-refractivity contribution in [3.8, 4) is 11.5 Å². The van der Waals surface area contributed by atoms with Crippen molar-refractivity contribution >= 4 is 17.2 Å². The van der Waals surface area contributed by atoms with Gasteiger partial charge < -0.3 is 19.7 Å². The number of benzene rings is 1. The number of aromatic nitrogens is 1. The van der Waals surface area contributed by atoms with E-state index in [-0.39, 0.29) is 5.91 Å². The number of amides is 1. The van der Waals surface area contributed by atoms with E-state index >= 15 is 0 Å². The van der Waals surface area contributed by atoms with Crippen LogP contribution in [0.15, 0.2) is 29.1 Å². The van der Waals surface area contributed by atoms with E-state index in [9.17, 15) is 4.79 Å². The Labute approximate surface area is 164 Å². The van der Waals surface area contributed by atoms with Crippen LogP contribution in [-0.4, -0.2) is 49.1 Å². The zero-order chi connectivity index (χ0) is 18.9. The van der Waals surface area contributed by atoms with Crippen molar-refractivity contribution in [2.45, 2.75) is 32.3 Å². The summed E-state index contributed by atoms with van der Waals surface area (Å²) < 4.78 is 11.1. The Morgan fingerprint density at radius 3 is 2.85 bits per heavy atom. The molecule has 0 unspecified atom stereocenters.